The molecule has 2 rings (SSSR count). The van der Waals surface area contributed by atoms with Crippen LogP contribution in [0.5, 0.6) is 11.6 Å². The van der Waals surface area contributed by atoms with Gasteiger partial charge in [-0.3, -0.25) is 0 Å². The number of halogens is 1. The first-order valence-corrected chi connectivity index (χ1v) is 4.78. The first kappa shape index (κ1) is 10.6. The van der Waals surface area contributed by atoms with Crippen LogP contribution in [-0.2, 0) is 6.61 Å². The molecule has 2 aromatic rings. The Morgan fingerprint density at radius 2 is 1.94 bits per heavy atom. The molecule has 0 aliphatic carbocycles. The Kier molecular flexibility index (Phi) is 3.12. The maximum atomic E-state index is 13.6. The smallest absolute Gasteiger partial charge is 0.256 e. The van der Waals surface area contributed by atoms with Crippen molar-refractivity contribution in [2.45, 2.75) is 6.61 Å². The number of nitrogens with zero attached hydrogens (tertiary/aromatic N) is 1. The fourth-order valence-corrected chi connectivity index (χ4v) is 1.26. The molecule has 0 fully saturated rings. The highest BCUT2D eigenvalue weighted by molar-refractivity contribution is 5.29. The number of pyridine rings is 1. The Hall–Kier alpha value is -1.94. The van der Waals surface area contributed by atoms with Gasteiger partial charge in [0.15, 0.2) is 5.82 Å². The van der Waals surface area contributed by atoms with Crippen LogP contribution in [0.25, 0.3) is 0 Å². The van der Waals surface area contributed by atoms with Gasteiger partial charge in [-0.05, 0) is 18.2 Å². The molecule has 0 unspecified atom stereocenters. The van der Waals surface area contributed by atoms with Crippen LogP contribution in [0, 0.1) is 5.82 Å². The predicted octanol–water partition coefficient (Wildman–Crippen LogP) is 2.51. The van der Waals surface area contributed by atoms with Crippen LogP contribution in [0.1, 0.15) is 5.56 Å². The fraction of sp³-hybridized carbons (Fsp3) is 0.0833. The second kappa shape index (κ2) is 4.72. The molecule has 0 saturated carbocycles. The van der Waals surface area contributed by atoms with Gasteiger partial charge in [-0.2, -0.15) is 0 Å². The van der Waals surface area contributed by atoms with Gasteiger partial charge in [0.1, 0.15) is 5.75 Å². The lowest BCUT2D eigenvalue weighted by Crippen LogP contribution is -1.96. The normalized spacial score (nSPS) is 10.1. The van der Waals surface area contributed by atoms with E-state index in [1.807, 2.05) is 6.07 Å². The molecular formula is C12H10FNO2. The van der Waals surface area contributed by atoms with Gasteiger partial charge in [0.05, 0.1) is 6.61 Å². The van der Waals surface area contributed by atoms with Gasteiger partial charge in [0.2, 0.25) is 0 Å². The Labute approximate surface area is 92.1 Å². The van der Waals surface area contributed by atoms with Crippen LogP contribution in [-0.4, -0.2) is 10.1 Å². The number of aliphatic hydroxyl groups excluding tert-OH is 1. The van der Waals surface area contributed by atoms with Crippen molar-refractivity contribution in [3.63, 3.8) is 0 Å². The van der Waals surface area contributed by atoms with E-state index in [0.717, 1.165) is 0 Å². The summed E-state index contributed by atoms with van der Waals surface area (Å²) in [6, 6.07) is 10.2. The molecule has 1 aromatic heterocycles. The van der Waals surface area contributed by atoms with Gasteiger partial charge in [-0.1, -0.05) is 18.2 Å². The molecule has 16 heavy (non-hydrogen) atoms. The van der Waals surface area contributed by atoms with Crippen molar-refractivity contribution in [3.8, 4) is 11.6 Å². The maximum absolute atomic E-state index is 13.6. The van der Waals surface area contributed by atoms with Crippen LogP contribution in [0.4, 0.5) is 4.39 Å². The molecule has 0 atom stereocenters. The molecule has 1 heterocycles. The molecule has 3 nitrogen and oxygen atoms in total. The lowest BCUT2D eigenvalue weighted by molar-refractivity contribution is 0.273. The predicted molar refractivity (Wildman–Crippen MR) is 56.6 cm³/mol. The summed E-state index contributed by atoms with van der Waals surface area (Å²) in [7, 11) is 0. The van der Waals surface area contributed by atoms with Gasteiger partial charge in [-0.25, -0.2) is 9.37 Å². The number of aliphatic hydroxyl groups is 1. The zero-order valence-electron chi connectivity index (χ0n) is 8.43. The third-order valence-corrected chi connectivity index (χ3v) is 2.07. The molecular weight excluding hydrogens is 209 g/mol. The number of hydrogen-bond acceptors (Lipinski definition) is 3. The minimum absolute atomic E-state index is 0.127. The number of ether oxygens (including phenoxy) is 1. The van der Waals surface area contributed by atoms with E-state index in [0.29, 0.717) is 5.75 Å². The average molecular weight is 219 g/mol. The van der Waals surface area contributed by atoms with E-state index >= 15 is 0 Å². The van der Waals surface area contributed by atoms with Gasteiger partial charge in [-0.15, -0.1) is 0 Å². The van der Waals surface area contributed by atoms with E-state index in [4.69, 9.17) is 9.84 Å². The molecule has 1 aromatic carbocycles. The van der Waals surface area contributed by atoms with Crippen LogP contribution in [0.3, 0.4) is 0 Å². The van der Waals surface area contributed by atoms with Gasteiger partial charge >= 0.3 is 0 Å². The van der Waals surface area contributed by atoms with E-state index < -0.39 is 5.82 Å². The Balaban J connectivity index is 2.28. The highest BCUT2D eigenvalue weighted by atomic mass is 19.1. The number of aromatic nitrogens is 1. The van der Waals surface area contributed by atoms with Gasteiger partial charge in [0.25, 0.3) is 5.88 Å². The van der Waals surface area contributed by atoms with Gasteiger partial charge < -0.3 is 9.84 Å². The quantitative estimate of drug-likeness (QED) is 0.862. The summed E-state index contributed by atoms with van der Waals surface area (Å²) in [5.74, 6) is -0.254. The molecule has 4 heteroatoms. The Bertz CT molecular complexity index is 474. The van der Waals surface area contributed by atoms with Crippen LogP contribution in [0.15, 0.2) is 42.6 Å². The van der Waals surface area contributed by atoms with Crippen molar-refractivity contribution in [1.29, 1.82) is 0 Å². The van der Waals surface area contributed by atoms with Crippen molar-refractivity contribution in [2.24, 2.45) is 0 Å². The molecule has 0 radical (unpaired) electrons. The van der Waals surface area contributed by atoms with Crippen molar-refractivity contribution < 1.29 is 14.2 Å². The highest BCUT2D eigenvalue weighted by Crippen LogP contribution is 2.23. The summed E-state index contributed by atoms with van der Waals surface area (Å²) < 4.78 is 18.9. The highest BCUT2D eigenvalue weighted by Gasteiger charge is 2.10. The molecule has 0 amide bonds. The van der Waals surface area contributed by atoms with E-state index in [9.17, 15) is 4.39 Å². The van der Waals surface area contributed by atoms with Crippen molar-refractivity contribution in [1.82, 2.24) is 4.98 Å². The number of para-hydroxylation sites is 1. The zero-order chi connectivity index (χ0) is 11.4. The standard InChI is InChI=1S/C12H10FNO2/c13-11-9(8-15)6-7-14-12(11)16-10-4-2-1-3-5-10/h1-7,15H,8H2. The topological polar surface area (TPSA) is 42.4 Å². The summed E-state index contributed by atoms with van der Waals surface area (Å²) in [5.41, 5.74) is 0.168. The molecule has 0 bridgehead atoms. The lowest BCUT2D eigenvalue weighted by atomic mass is 10.2. The lowest BCUT2D eigenvalue weighted by Gasteiger charge is -2.06. The summed E-state index contributed by atoms with van der Waals surface area (Å²) in [6.45, 7) is -0.375. The Morgan fingerprint density at radius 3 is 2.62 bits per heavy atom. The van der Waals surface area contributed by atoms with E-state index in [1.54, 1.807) is 24.3 Å². The summed E-state index contributed by atoms with van der Waals surface area (Å²) in [6.07, 6.45) is 1.40. The first-order chi connectivity index (χ1) is 7.81. The summed E-state index contributed by atoms with van der Waals surface area (Å²) in [4.78, 5) is 3.77. The van der Waals surface area contributed by atoms with E-state index in [-0.39, 0.29) is 18.1 Å². The Morgan fingerprint density at radius 1 is 1.19 bits per heavy atom. The molecule has 82 valence electrons. The van der Waals surface area contributed by atoms with Crippen LogP contribution in [0.2, 0.25) is 0 Å². The number of rotatable bonds is 3. The first-order valence-electron chi connectivity index (χ1n) is 4.78. The molecule has 0 aliphatic heterocycles. The second-order valence-corrected chi connectivity index (χ2v) is 3.16. The molecule has 0 saturated heterocycles. The third-order valence-electron chi connectivity index (χ3n) is 2.07. The largest absolute Gasteiger partial charge is 0.436 e. The van der Waals surface area contributed by atoms with E-state index in [1.165, 1.54) is 12.3 Å². The fourth-order valence-electron chi connectivity index (χ4n) is 1.26. The maximum Gasteiger partial charge on any atom is 0.256 e. The monoisotopic (exact) mass is 219 g/mol. The van der Waals surface area contributed by atoms with Crippen molar-refractivity contribution in [3.05, 3.63) is 54.0 Å². The van der Waals surface area contributed by atoms with Gasteiger partial charge in [0, 0.05) is 11.8 Å². The summed E-state index contributed by atoms with van der Waals surface area (Å²) >= 11 is 0. The number of benzene rings is 1. The molecule has 0 aliphatic rings. The minimum atomic E-state index is -0.631. The minimum Gasteiger partial charge on any atom is -0.436 e. The number of hydrogen-bond donors (Lipinski definition) is 1. The zero-order valence-corrected chi connectivity index (χ0v) is 8.43. The summed E-state index contributed by atoms with van der Waals surface area (Å²) in [5, 5.41) is 8.89. The van der Waals surface area contributed by atoms with E-state index in [2.05, 4.69) is 4.98 Å². The molecule has 0 spiro atoms. The SMILES string of the molecule is OCc1ccnc(Oc2ccccc2)c1F. The molecule has 1 N–H and O–H groups in total. The van der Waals surface area contributed by atoms with Crippen LogP contribution >= 0.6 is 0 Å². The van der Waals surface area contributed by atoms with Crippen LogP contribution < -0.4 is 4.74 Å². The third kappa shape index (κ3) is 2.17. The van der Waals surface area contributed by atoms with Crippen molar-refractivity contribution >= 4 is 0 Å². The van der Waals surface area contributed by atoms with Crippen molar-refractivity contribution in [2.75, 3.05) is 0 Å². The average Bonchev–Trinajstić information content (AvgIpc) is 2.33. The second-order valence-electron chi connectivity index (χ2n) is 3.16.